The number of allylic oxidation sites excluding steroid dienone is 3. The predicted molar refractivity (Wildman–Crippen MR) is 93.9 cm³/mol. The zero-order chi connectivity index (χ0) is 16.9. The van der Waals surface area contributed by atoms with Crippen molar-refractivity contribution in [2.75, 3.05) is 19.6 Å². The van der Waals surface area contributed by atoms with E-state index >= 15 is 0 Å². The van der Waals surface area contributed by atoms with Gasteiger partial charge in [0.2, 0.25) is 0 Å². The summed E-state index contributed by atoms with van der Waals surface area (Å²) in [5, 5.41) is 0. The lowest BCUT2D eigenvalue weighted by atomic mass is 9.92. The van der Waals surface area contributed by atoms with Crippen LogP contribution in [0, 0.1) is 5.92 Å². The van der Waals surface area contributed by atoms with Crippen molar-refractivity contribution >= 4 is 6.09 Å². The first kappa shape index (κ1) is 17.6. The molecule has 0 bridgehead atoms. The highest BCUT2D eigenvalue weighted by atomic mass is 16.6. The number of piperidine rings is 1. The molecule has 1 amide bonds. The summed E-state index contributed by atoms with van der Waals surface area (Å²) >= 11 is 0. The molecule has 4 nitrogen and oxygen atoms in total. The lowest BCUT2D eigenvalue weighted by Gasteiger charge is -2.33. The Morgan fingerprint density at radius 3 is 2.43 bits per heavy atom. The Hall–Kier alpha value is -1.71. The molecule has 0 unspecified atom stereocenters. The topological polar surface area (TPSA) is 32.8 Å². The first-order valence-corrected chi connectivity index (χ1v) is 8.62. The van der Waals surface area contributed by atoms with Crippen LogP contribution in [0.3, 0.4) is 0 Å². The lowest BCUT2D eigenvalue weighted by molar-refractivity contribution is 0.0180. The Morgan fingerprint density at radius 1 is 1.26 bits per heavy atom. The van der Waals surface area contributed by atoms with E-state index in [-0.39, 0.29) is 6.09 Å². The Kier molecular flexibility index (Phi) is 5.91. The SMILES string of the molecule is C=C1C=CN(CCCC2CCN(C(=O)OC(C)(C)C)CC2)C=C1. The molecular formula is C19H30N2O2. The fourth-order valence-electron chi connectivity index (χ4n) is 2.93. The minimum Gasteiger partial charge on any atom is -0.444 e. The van der Waals surface area contributed by atoms with E-state index in [1.807, 2.05) is 37.8 Å². The Labute approximate surface area is 140 Å². The highest BCUT2D eigenvalue weighted by Gasteiger charge is 2.26. The summed E-state index contributed by atoms with van der Waals surface area (Å²) in [5.41, 5.74) is 0.644. The zero-order valence-electron chi connectivity index (χ0n) is 14.8. The Morgan fingerprint density at radius 2 is 1.87 bits per heavy atom. The number of carbonyl (C=O) groups is 1. The summed E-state index contributed by atoms with van der Waals surface area (Å²) in [6.07, 6.45) is 12.7. The van der Waals surface area contributed by atoms with Gasteiger partial charge in [-0.1, -0.05) is 6.58 Å². The monoisotopic (exact) mass is 318 g/mol. The van der Waals surface area contributed by atoms with E-state index in [0.29, 0.717) is 0 Å². The highest BCUT2D eigenvalue weighted by Crippen LogP contribution is 2.23. The maximum Gasteiger partial charge on any atom is 0.410 e. The van der Waals surface area contributed by atoms with Gasteiger partial charge in [0.05, 0.1) is 0 Å². The average Bonchev–Trinajstić information content (AvgIpc) is 2.48. The van der Waals surface area contributed by atoms with Gasteiger partial charge in [-0.05, 0) is 70.1 Å². The van der Waals surface area contributed by atoms with Crippen molar-refractivity contribution in [2.45, 2.75) is 52.1 Å². The summed E-state index contributed by atoms with van der Waals surface area (Å²) in [6.45, 7) is 12.3. The summed E-state index contributed by atoms with van der Waals surface area (Å²) in [6, 6.07) is 0. The minimum absolute atomic E-state index is 0.167. The lowest BCUT2D eigenvalue weighted by Crippen LogP contribution is -2.41. The van der Waals surface area contributed by atoms with Crippen molar-refractivity contribution in [1.82, 2.24) is 9.80 Å². The third kappa shape index (κ3) is 6.12. The Balaban J connectivity index is 1.63. The third-order valence-electron chi connectivity index (χ3n) is 4.26. The Bertz CT molecular complexity index is 464. The third-order valence-corrected chi connectivity index (χ3v) is 4.26. The molecule has 0 aromatic rings. The normalized spacial score (nSPS) is 19.3. The molecule has 2 rings (SSSR count). The molecule has 2 aliphatic heterocycles. The van der Waals surface area contributed by atoms with Gasteiger partial charge in [0.1, 0.15) is 5.60 Å². The van der Waals surface area contributed by atoms with Gasteiger partial charge in [0.15, 0.2) is 0 Å². The molecule has 128 valence electrons. The van der Waals surface area contributed by atoms with E-state index in [1.165, 1.54) is 12.8 Å². The first-order chi connectivity index (χ1) is 10.8. The minimum atomic E-state index is -0.408. The van der Waals surface area contributed by atoms with Gasteiger partial charge in [-0.2, -0.15) is 0 Å². The average molecular weight is 318 g/mol. The zero-order valence-corrected chi connectivity index (χ0v) is 14.8. The molecule has 0 N–H and O–H groups in total. The molecule has 0 atom stereocenters. The van der Waals surface area contributed by atoms with Gasteiger partial charge < -0.3 is 14.5 Å². The fraction of sp³-hybridized carbons (Fsp3) is 0.632. The quantitative estimate of drug-likeness (QED) is 0.774. The molecular weight excluding hydrogens is 288 g/mol. The molecule has 4 heteroatoms. The van der Waals surface area contributed by atoms with Gasteiger partial charge in [-0.25, -0.2) is 4.79 Å². The molecule has 0 radical (unpaired) electrons. The van der Waals surface area contributed by atoms with Crippen LogP contribution < -0.4 is 0 Å². The van der Waals surface area contributed by atoms with Crippen LogP contribution in [-0.2, 0) is 4.74 Å². The van der Waals surface area contributed by atoms with Crippen molar-refractivity contribution in [3.63, 3.8) is 0 Å². The van der Waals surface area contributed by atoms with E-state index in [9.17, 15) is 4.79 Å². The van der Waals surface area contributed by atoms with Gasteiger partial charge in [0, 0.05) is 32.0 Å². The summed E-state index contributed by atoms with van der Waals surface area (Å²) in [4.78, 5) is 16.1. The van der Waals surface area contributed by atoms with Gasteiger partial charge >= 0.3 is 6.09 Å². The number of likely N-dealkylation sites (tertiary alicyclic amines) is 1. The predicted octanol–water partition coefficient (Wildman–Crippen LogP) is 4.31. The van der Waals surface area contributed by atoms with Crippen LogP contribution in [0.5, 0.6) is 0 Å². The molecule has 1 saturated heterocycles. The van der Waals surface area contributed by atoms with Crippen molar-refractivity contribution in [1.29, 1.82) is 0 Å². The van der Waals surface area contributed by atoms with E-state index in [2.05, 4.69) is 23.9 Å². The largest absolute Gasteiger partial charge is 0.444 e. The highest BCUT2D eigenvalue weighted by molar-refractivity contribution is 5.68. The van der Waals surface area contributed by atoms with Crippen LogP contribution >= 0.6 is 0 Å². The second-order valence-corrected chi connectivity index (χ2v) is 7.50. The van der Waals surface area contributed by atoms with E-state index in [1.54, 1.807) is 0 Å². The number of hydrogen-bond donors (Lipinski definition) is 0. The van der Waals surface area contributed by atoms with Crippen LogP contribution in [0.1, 0.15) is 46.5 Å². The van der Waals surface area contributed by atoms with E-state index < -0.39 is 5.60 Å². The van der Waals surface area contributed by atoms with Crippen LogP contribution in [-0.4, -0.2) is 41.1 Å². The van der Waals surface area contributed by atoms with Crippen molar-refractivity contribution in [2.24, 2.45) is 5.92 Å². The molecule has 23 heavy (non-hydrogen) atoms. The van der Waals surface area contributed by atoms with Crippen LogP contribution in [0.25, 0.3) is 0 Å². The number of amides is 1. The molecule has 2 aliphatic rings. The molecule has 0 saturated carbocycles. The molecule has 2 heterocycles. The second kappa shape index (κ2) is 7.71. The fourth-order valence-corrected chi connectivity index (χ4v) is 2.93. The van der Waals surface area contributed by atoms with Crippen LogP contribution in [0.15, 0.2) is 36.7 Å². The molecule has 1 fully saturated rings. The van der Waals surface area contributed by atoms with E-state index in [4.69, 9.17) is 4.74 Å². The standard InChI is InChI=1S/C19H30N2O2/c1-16-7-12-20(13-8-16)11-5-6-17-9-14-21(15-10-17)18(22)23-19(2,3)4/h7-8,12-13,17H,1,5-6,9-11,14-15H2,2-4H3. The number of carbonyl (C=O) groups excluding carboxylic acids is 1. The molecule has 0 aromatic heterocycles. The smallest absolute Gasteiger partial charge is 0.410 e. The number of ether oxygens (including phenoxy) is 1. The number of nitrogens with zero attached hydrogens (tertiary/aromatic N) is 2. The van der Waals surface area contributed by atoms with Crippen molar-refractivity contribution in [3.05, 3.63) is 36.7 Å². The summed E-state index contributed by atoms with van der Waals surface area (Å²) in [7, 11) is 0. The molecule has 0 spiro atoms. The van der Waals surface area contributed by atoms with Gasteiger partial charge in [-0.3, -0.25) is 0 Å². The number of rotatable bonds is 4. The van der Waals surface area contributed by atoms with Gasteiger partial charge in [-0.15, -0.1) is 0 Å². The van der Waals surface area contributed by atoms with Crippen molar-refractivity contribution in [3.8, 4) is 0 Å². The first-order valence-electron chi connectivity index (χ1n) is 8.62. The number of hydrogen-bond acceptors (Lipinski definition) is 3. The van der Waals surface area contributed by atoms with Crippen molar-refractivity contribution < 1.29 is 9.53 Å². The second-order valence-electron chi connectivity index (χ2n) is 7.50. The summed E-state index contributed by atoms with van der Waals surface area (Å²) < 4.78 is 5.44. The summed E-state index contributed by atoms with van der Waals surface area (Å²) in [5.74, 6) is 0.724. The van der Waals surface area contributed by atoms with Crippen LogP contribution in [0.4, 0.5) is 4.79 Å². The van der Waals surface area contributed by atoms with E-state index in [0.717, 1.165) is 44.0 Å². The molecule has 0 aliphatic carbocycles. The maximum atomic E-state index is 12.0. The van der Waals surface area contributed by atoms with Crippen LogP contribution in [0.2, 0.25) is 0 Å². The maximum absolute atomic E-state index is 12.0. The molecule has 0 aromatic carbocycles. The van der Waals surface area contributed by atoms with Gasteiger partial charge in [0.25, 0.3) is 0 Å².